The number of halogens is 1. The van der Waals surface area contributed by atoms with Crippen LogP contribution in [0.5, 0.6) is 0 Å². The second-order valence-electron chi connectivity index (χ2n) is 9.60. The number of anilines is 1. The number of carbonyl (C=O) groups excluding carboxylic acids is 3. The first kappa shape index (κ1) is 25.8. The minimum absolute atomic E-state index is 0.0449. The van der Waals surface area contributed by atoms with Gasteiger partial charge in [-0.3, -0.25) is 24.2 Å². The molecular weight excluding hydrogens is 461 g/mol. The zero-order valence-electron chi connectivity index (χ0n) is 20.7. The Hall–Kier alpha value is -3.30. The van der Waals surface area contributed by atoms with Gasteiger partial charge in [0.2, 0.25) is 11.8 Å². The number of aryl methyl sites for hydroxylation is 1. The Morgan fingerprint density at radius 2 is 1.44 bits per heavy atom. The summed E-state index contributed by atoms with van der Waals surface area (Å²) < 4.78 is 13.1. The zero-order valence-corrected chi connectivity index (χ0v) is 20.7. The van der Waals surface area contributed by atoms with Crippen LogP contribution in [0.25, 0.3) is 0 Å². The van der Waals surface area contributed by atoms with E-state index >= 15 is 0 Å². The Kier molecular flexibility index (Phi) is 8.66. The summed E-state index contributed by atoms with van der Waals surface area (Å²) in [5.74, 6) is -0.509. The smallest absolute Gasteiger partial charge is 0.251 e. The van der Waals surface area contributed by atoms with Gasteiger partial charge in [-0.2, -0.15) is 0 Å². The lowest BCUT2D eigenvalue weighted by molar-refractivity contribution is -0.134. The molecule has 0 atom stereocenters. The number of likely N-dealkylation sites (tertiary alicyclic amines) is 1. The quantitative estimate of drug-likeness (QED) is 0.615. The van der Waals surface area contributed by atoms with Crippen LogP contribution in [0.2, 0.25) is 0 Å². The molecule has 36 heavy (non-hydrogen) atoms. The Morgan fingerprint density at radius 3 is 2.08 bits per heavy atom. The van der Waals surface area contributed by atoms with E-state index in [1.807, 2.05) is 36.1 Å². The molecule has 8 nitrogen and oxygen atoms in total. The molecule has 3 amide bonds. The minimum Gasteiger partial charge on any atom is -0.349 e. The van der Waals surface area contributed by atoms with Gasteiger partial charge in [0.25, 0.3) is 5.91 Å². The van der Waals surface area contributed by atoms with E-state index in [-0.39, 0.29) is 29.6 Å². The van der Waals surface area contributed by atoms with Crippen LogP contribution in [0.1, 0.15) is 28.8 Å². The molecule has 0 saturated carbocycles. The number of piperazine rings is 1. The Morgan fingerprint density at radius 1 is 0.833 bits per heavy atom. The van der Waals surface area contributed by atoms with Crippen LogP contribution in [-0.2, 0) is 9.59 Å². The van der Waals surface area contributed by atoms with E-state index < -0.39 is 0 Å². The summed E-state index contributed by atoms with van der Waals surface area (Å²) in [5.41, 5.74) is 2.38. The van der Waals surface area contributed by atoms with Crippen LogP contribution < -0.4 is 10.6 Å². The maximum absolute atomic E-state index is 13.1. The SMILES string of the molecule is Cc1ccc(NC(=O)CN2CCN(C(=O)CN3CCC(NC(=O)c4ccc(F)cc4)CC3)CC2)cc1. The van der Waals surface area contributed by atoms with Crippen molar-refractivity contribution < 1.29 is 18.8 Å². The van der Waals surface area contributed by atoms with E-state index in [4.69, 9.17) is 0 Å². The maximum atomic E-state index is 13.1. The summed E-state index contributed by atoms with van der Waals surface area (Å²) in [4.78, 5) is 43.6. The fraction of sp³-hybridized carbons (Fsp3) is 0.444. The van der Waals surface area contributed by atoms with Gasteiger partial charge in [-0.05, 0) is 56.2 Å². The number of hydrogen-bond donors (Lipinski definition) is 2. The summed E-state index contributed by atoms with van der Waals surface area (Å²) >= 11 is 0. The average Bonchev–Trinajstić information content (AvgIpc) is 2.87. The molecule has 0 aliphatic carbocycles. The average molecular weight is 496 g/mol. The van der Waals surface area contributed by atoms with Crippen molar-refractivity contribution in [1.29, 1.82) is 0 Å². The van der Waals surface area contributed by atoms with Gasteiger partial charge in [0, 0.05) is 56.6 Å². The maximum Gasteiger partial charge on any atom is 0.251 e. The molecular formula is C27H34FN5O3. The van der Waals surface area contributed by atoms with Crippen LogP contribution >= 0.6 is 0 Å². The summed E-state index contributed by atoms with van der Waals surface area (Å²) in [7, 11) is 0. The highest BCUT2D eigenvalue weighted by molar-refractivity contribution is 5.94. The first-order chi connectivity index (χ1) is 17.4. The monoisotopic (exact) mass is 495 g/mol. The number of nitrogens with one attached hydrogen (secondary N) is 2. The van der Waals surface area contributed by atoms with E-state index in [1.54, 1.807) is 0 Å². The molecule has 0 radical (unpaired) electrons. The summed E-state index contributed by atoms with van der Waals surface area (Å²) in [5, 5.41) is 5.93. The molecule has 2 aromatic carbocycles. The Bertz CT molecular complexity index is 1040. The van der Waals surface area contributed by atoms with Crippen molar-refractivity contribution in [2.24, 2.45) is 0 Å². The number of benzene rings is 2. The van der Waals surface area contributed by atoms with Crippen LogP contribution in [0.15, 0.2) is 48.5 Å². The zero-order chi connectivity index (χ0) is 25.5. The topological polar surface area (TPSA) is 85.0 Å². The largest absolute Gasteiger partial charge is 0.349 e. The molecule has 9 heteroatoms. The van der Waals surface area contributed by atoms with Crippen molar-refractivity contribution in [2.75, 3.05) is 57.7 Å². The fourth-order valence-corrected chi connectivity index (χ4v) is 4.59. The highest BCUT2D eigenvalue weighted by Crippen LogP contribution is 2.13. The van der Waals surface area contributed by atoms with Crippen molar-refractivity contribution in [3.8, 4) is 0 Å². The van der Waals surface area contributed by atoms with Gasteiger partial charge in [-0.1, -0.05) is 17.7 Å². The first-order valence-electron chi connectivity index (χ1n) is 12.5. The van der Waals surface area contributed by atoms with Crippen molar-refractivity contribution in [3.63, 3.8) is 0 Å². The van der Waals surface area contributed by atoms with Crippen molar-refractivity contribution in [1.82, 2.24) is 20.0 Å². The number of nitrogens with zero attached hydrogens (tertiary/aromatic N) is 3. The third-order valence-electron chi connectivity index (χ3n) is 6.82. The molecule has 2 heterocycles. The number of amides is 3. The lowest BCUT2D eigenvalue weighted by Gasteiger charge is -2.37. The fourth-order valence-electron chi connectivity index (χ4n) is 4.59. The number of piperidine rings is 1. The van der Waals surface area contributed by atoms with Gasteiger partial charge in [-0.25, -0.2) is 4.39 Å². The van der Waals surface area contributed by atoms with E-state index in [0.717, 1.165) is 37.2 Å². The minimum atomic E-state index is -0.366. The van der Waals surface area contributed by atoms with E-state index in [0.29, 0.717) is 44.8 Å². The molecule has 2 saturated heterocycles. The second kappa shape index (κ2) is 12.1. The van der Waals surface area contributed by atoms with Gasteiger partial charge in [0.1, 0.15) is 5.82 Å². The van der Waals surface area contributed by atoms with Crippen molar-refractivity contribution in [2.45, 2.75) is 25.8 Å². The molecule has 2 N–H and O–H groups in total. The summed E-state index contributed by atoms with van der Waals surface area (Å²) in [6, 6.07) is 13.3. The highest BCUT2D eigenvalue weighted by atomic mass is 19.1. The molecule has 2 aliphatic rings. The molecule has 192 valence electrons. The Balaban J connectivity index is 1.13. The lowest BCUT2D eigenvalue weighted by Crippen LogP contribution is -2.53. The number of carbonyl (C=O) groups is 3. The number of hydrogen-bond acceptors (Lipinski definition) is 5. The van der Waals surface area contributed by atoms with Crippen LogP contribution in [-0.4, -0.2) is 90.8 Å². The number of rotatable bonds is 7. The van der Waals surface area contributed by atoms with E-state index in [1.165, 1.54) is 24.3 Å². The predicted molar refractivity (Wildman–Crippen MR) is 136 cm³/mol. The molecule has 0 spiro atoms. The van der Waals surface area contributed by atoms with Crippen LogP contribution in [0, 0.1) is 12.7 Å². The van der Waals surface area contributed by atoms with Gasteiger partial charge in [0.15, 0.2) is 0 Å². The van der Waals surface area contributed by atoms with Gasteiger partial charge in [0.05, 0.1) is 13.1 Å². The van der Waals surface area contributed by atoms with Crippen molar-refractivity contribution in [3.05, 3.63) is 65.5 Å². The second-order valence-corrected chi connectivity index (χ2v) is 9.60. The molecule has 2 fully saturated rings. The first-order valence-corrected chi connectivity index (χ1v) is 12.5. The molecule has 0 unspecified atom stereocenters. The third-order valence-corrected chi connectivity index (χ3v) is 6.82. The molecule has 2 aromatic rings. The Labute approximate surface area is 211 Å². The predicted octanol–water partition coefficient (Wildman–Crippen LogP) is 2.11. The van der Waals surface area contributed by atoms with Gasteiger partial charge in [-0.15, -0.1) is 0 Å². The highest BCUT2D eigenvalue weighted by Gasteiger charge is 2.26. The van der Waals surface area contributed by atoms with Gasteiger partial charge < -0.3 is 15.5 Å². The van der Waals surface area contributed by atoms with E-state index in [2.05, 4.69) is 20.4 Å². The normalized spacial score (nSPS) is 17.6. The van der Waals surface area contributed by atoms with Crippen molar-refractivity contribution >= 4 is 23.4 Å². The molecule has 2 aliphatic heterocycles. The van der Waals surface area contributed by atoms with Crippen LogP contribution in [0.3, 0.4) is 0 Å². The van der Waals surface area contributed by atoms with Gasteiger partial charge >= 0.3 is 0 Å². The molecule has 4 rings (SSSR count). The van der Waals surface area contributed by atoms with Crippen LogP contribution in [0.4, 0.5) is 10.1 Å². The molecule has 0 bridgehead atoms. The lowest BCUT2D eigenvalue weighted by atomic mass is 10.0. The third kappa shape index (κ3) is 7.35. The summed E-state index contributed by atoms with van der Waals surface area (Å²) in [6.07, 6.45) is 1.54. The summed E-state index contributed by atoms with van der Waals surface area (Å²) in [6.45, 7) is 6.72. The molecule has 0 aromatic heterocycles. The van der Waals surface area contributed by atoms with E-state index in [9.17, 15) is 18.8 Å². The standard InChI is InChI=1S/C27H34FN5O3/c1-20-2-8-23(9-3-20)29-25(34)18-32-14-16-33(17-15-32)26(35)19-31-12-10-24(11-13-31)30-27(36)21-4-6-22(28)7-5-21/h2-9,24H,10-19H2,1H3,(H,29,34)(H,30,36).